The highest BCUT2D eigenvalue weighted by atomic mass is 79.9. The first-order valence-corrected chi connectivity index (χ1v) is 7.68. The number of rotatable bonds is 3. The highest BCUT2D eigenvalue weighted by molar-refractivity contribution is 9.10. The molecule has 0 aromatic heterocycles. The van der Waals surface area contributed by atoms with Crippen LogP contribution in [0.3, 0.4) is 0 Å². The van der Waals surface area contributed by atoms with Crippen LogP contribution < -0.4 is 4.72 Å². The monoisotopic (exact) mass is 354 g/mol. The summed E-state index contributed by atoms with van der Waals surface area (Å²) < 4.78 is 39.8. The largest absolute Gasteiger partial charge is 0.278 e. The fourth-order valence-corrected chi connectivity index (χ4v) is 3.17. The second kappa shape index (κ2) is 5.61. The van der Waals surface area contributed by atoms with Crippen LogP contribution in [0.5, 0.6) is 0 Å². The maximum atomic E-state index is 12.8. The van der Waals surface area contributed by atoms with Gasteiger partial charge in [0, 0.05) is 4.47 Å². The van der Waals surface area contributed by atoms with Crippen molar-refractivity contribution >= 4 is 31.6 Å². The average molecular weight is 355 g/mol. The minimum atomic E-state index is -3.80. The molecule has 2 aromatic rings. The van der Waals surface area contributed by atoms with Crippen molar-refractivity contribution in [1.29, 1.82) is 5.26 Å². The Hall–Kier alpha value is -1.91. The quantitative estimate of drug-likeness (QED) is 0.919. The average Bonchev–Trinajstić information content (AvgIpc) is 2.41. The van der Waals surface area contributed by atoms with E-state index >= 15 is 0 Å². The molecule has 0 aliphatic rings. The second-order valence-electron chi connectivity index (χ2n) is 3.87. The van der Waals surface area contributed by atoms with E-state index in [1.54, 1.807) is 0 Å². The smallest absolute Gasteiger partial charge is 0.261 e. The Morgan fingerprint density at radius 3 is 2.35 bits per heavy atom. The Labute approximate surface area is 124 Å². The number of sulfonamides is 1. The topological polar surface area (TPSA) is 70.0 Å². The van der Waals surface area contributed by atoms with Gasteiger partial charge in [-0.15, -0.1) is 0 Å². The molecule has 0 aliphatic carbocycles. The Bertz CT molecular complexity index is 783. The second-order valence-corrected chi connectivity index (χ2v) is 6.40. The standard InChI is InChI=1S/C13H8BrFN2O2S/c14-12-7-9(8-16)1-6-13(12)17-20(18,19)11-4-2-10(15)3-5-11/h1-7,17H. The van der Waals surface area contributed by atoms with Gasteiger partial charge in [0.15, 0.2) is 0 Å². The molecule has 0 fully saturated rings. The lowest BCUT2D eigenvalue weighted by Gasteiger charge is -2.09. The van der Waals surface area contributed by atoms with Crippen LogP contribution in [0.25, 0.3) is 0 Å². The zero-order valence-corrected chi connectivity index (χ0v) is 12.4. The van der Waals surface area contributed by atoms with Crippen LogP contribution in [0, 0.1) is 17.1 Å². The van der Waals surface area contributed by atoms with Crippen LogP contribution >= 0.6 is 15.9 Å². The van der Waals surface area contributed by atoms with Crippen LogP contribution in [0.2, 0.25) is 0 Å². The molecule has 0 unspecified atom stereocenters. The number of nitriles is 1. The van der Waals surface area contributed by atoms with Gasteiger partial charge in [0.05, 0.1) is 22.2 Å². The molecule has 0 saturated carbocycles. The van der Waals surface area contributed by atoms with Gasteiger partial charge in [-0.1, -0.05) is 0 Å². The highest BCUT2D eigenvalue weighted by Crippen LogP contribution is 2.26. The lowest BCUT2D eigenvalue weighted by molar-refractivity contribution is 0.599. The molecule has 0 aliphatic heterocycles. The summed E-state index contributed by atoms with van der Waals surface area (Å²) in [5, 5.41) is 8.74. The van der Waals surface area contributed by atoms with Crippen LogP contribution in [-0.2, 0) is 10.0 Å². The van der Waals surface area contributed by atoms with E-state index < -0.39 is 15.8 Å². The summed E-state index contributed by atoms with van der Waals surface area (Å²) >= 11 is 3.19. The summed E-state index contributed by atoms with van der Waals surface area (Å²) in [5.74, 6) is -0.511. The number of benzene rings is 2. The molecule has 0 spiro atoms. The van der Waals surface area contributed by atoms with Crippen molar-refractivity contribution < 1.29 is 12.8 Å². The third-order valence-corrected chi connectivity index (χ3v) is 4.50. The predicted octanol–water partition coefficient (Wildman–Crippen LogP) is 3.26. The maximum Gasteiger partial charge on any atom is 0.261 e. The molecule has 20 heavy (non-hydrogen) atoms. The Morgan fingerprint density at radius 2 is 1.80 bits per heavy atom. The number of nitrogens with zero attached hydrogens (tertiary/aromatic N) is 1. The number of nitrogens with one attached hydrogen (secondary N) is 1. The predicted molar refractivity (Wildman–Crippen MR) is 76.1 cm³/mol. The van der Waals surface area contributed by atoms with Gasteiger partial charge in [-0.25, -0.2) is 12.8 Å². The van der Waals surface area contributed by atoms with Crippen LogP contribution in [0.1, 0.15) is 5.56 Å². The Balaban J connectivity index is 2.34. The van der Waals surface area contributed by atoms with E-state index in [1.165, 1.54) is 30.3 Å². The summed E-state index contributed by atoms with van der Waals surface area (Å²) in [4.78, 5) is -0.0461. The molecule has 1 N–H and O–H groups in total. The van der Waals surface area contributed by atoms with Crippen molar-refractivity contribution in [3.8, 4) is 6.07 Å². The van der Waals surface area contributed by atoms with Crippen LogP contribution in [0.4, 0.5) is 10.1 Å². The van der Waals surface area contributed by atoms with Crippen molar-refractivity contribution in [2.45, 2.75) is 4.90 Å². The zero-order chi connectivity index (χ0) is 14.8. The fourth-order valence-electron chi connectivity index (χ4n) is 1.48. The van der Waals surface area contributed by atoms with Gasteiger partial charge in [-0.05, 0) is 58.4 Å². The molecule has 2 aromatic carbocycles. The lowest BCUT2D eigenvalue weighted by atomic mass is 10.2. The molecule has 0 saturated heterocycles. The lowest BCUT2D eigenvalue weighted by Crippen LogP contribution is -2.13. The first-order chi connectivity index (χ1) is 9.42. The van der Waals surface area contributed by atoms with Crippen molar-refractivity contribution in [1.82, 2.24) is 0 Å². The summed E-state index contributed by atoms with van der Waals surface area (Å²) in [5.41, 5.74) is 0.704. The van der Waals surface area contributed by atoms with E-state index in [2.05, 4.69) is 20.7 Å². The van der Waals surface area contributed by atoms with Gasteiger partial charge in [0.2, 0.25) is 0 Å². The van der Waals surface area contributed by atoms with Crippen LogP contribution in [0.15, 0.2) is 51.8 Å². The van der Waals surface area contributed by atoms with Crippen LogP contribution in [-0.4, -0.2) is 8.42 Å². The summed E-state index contributed by atoms with van der Waals surface area (Å²) in [6.07, 6.45) is 0. The summed E-state index contributed by atoms with van der Waals surface area (Å²) in [6.45, 7) is 0. The molecule has 0 amide bonds. The molecule has 0 radical (unpaired) electrons. The molecular weight excluding hydrogens is 347 g/mol. The number of anilines is 1. The van der Waals surface area contributed by atoms with Gasteiger partial charge in [0.1, 0.15) is 5.82 Å². The SMILES string of the molecule is N#Cc1ccc(NS(=O)(=O)c2ccc(F)cc2)c(Br)c1. The third kappa shape index (κ3) is 3.15. The van der Waals surface area contributed by atoms with Gasteiger partial charge in [0.25, 0.3) is 10.0 Å². The van der Waals surface area contributed by atoms with E-state index in [9.17, 15) is 12.8 Å². The number of hydrogen-bond acceptors (Lipinski definition) is 3. The van der Waals surface area contributed by atoms with E-state index in [0.29, 0.717) is 15.7 Å². The minimum absolute atomic E-state index is 0.0461. The van der Waals surface area contributed by atoms with Crippen molar-refractivity contribution in [2.75, 3.05) is 4.72 Å². The first kappa shape index (κ1) is 14.5. The zero-order valence-electron chi connectivity index (χ0n) is 9.97. The van der Waals surface area contributed by atoms with E-state index in [4.69, 9.17) is 5.26 Å². The number of hydrogen-bond donors (Lipinski definition) is 1. The minimum Gasteiger partial charge on any atom is -0.278 e. The first-order valence-electron chi connectivity index (χ1n) is 5.40. The van der Waals surface area contributed by atoms with E-state index in [1.807, 2.05) is 6.07 Å². The highest BCUT2D eigenvalue weighted by Gasteiger charge is 2.15. The van der Waals surface area contributed by atoms with E-state index in [0.717, 1.165) is 12.1 Å². The normalized spacial score (nSPS) is 10.8. The van der Waals surface area contributed by atoms with E-state index in [-0.39, 0.29) is 4.90 Å². The summed E-state index contributed by atoms with van der Waals surface area (Å²) in [6, 6.07) is 10.9. The van der Waals surface area contributed by atoms with Crippen molar-refractivity contribution in [2.24, 2.45) is 0 Å². The van der Waals surface area contributed by atoms with Gasteiger partial charge < -0.3 is 0 Å². The summed E-state index contributed by atoms with van der Waals surface area (Å²) in [7, 11) is -3.80. The fraction of sp³-hybridized carbons (Fsp3) is 0. The molecule has 4 nitrogen and oxygen atoms in total. The maximum absolute atomic E-state index is 12.8. The van der Waals surface area contributed by atoms with Gasteiger partial charge in [-0.3, -0.25) is 4.72 Å². The number of halogens is 2. The molecule has 2 rings (SSSR count). The molecule has 0 atom stereocenters. The Kier molecular flexibility index (Phi) is 4.06. The molecule has 102 valence electrons. The molecule has 7 heteroatoms. The van der Waals surface area contributed by atoms with Crippen molar-refractivity contribution in [3.63, 3.8) is 0 Å². The Morgan fingerprint density at radius 1 is 1.15 bits per heavy atom. The molecular formula is C13H8BrFN2O2S. The van der Waals surface area contributed by atoms with Crippen molar-refractivity contribution in [3.05, 3.63) is 58.3 Å². The molecule has 0 heterocycles. The molecule has 0 bridgehead atoms. The van der Waals surface area contributed by atoms with Gasteiger partial charge >= 0.3 is 0 Å². The van der Waals surface area contributed by atoms with Gasteiger partial charge in [-0.2, -0.15) is 5.26 Å². The third-order valence-electron chi connectivity index (χ3n) is 2.47.